The molecule has 2 aromatic rings. The highest BCUT2D eigenvalue weighted by Gasteiger charge is 2.31. The number of hydrogen-bond acceptors (Lipinski definition) is 5. The monoisotopic (exact) mass is 449 g/mol. The Balaban J connectivity index is 1.52. The van der Waals surface area contributed by atoms with Crippen molar-refractivity contribution in [1.82, 2.24) is 15.2 Å². The summed E-state index contributed by atoms with van der Waals surface area (Å²) in [6.07, 6.45) is -3.71. The van der Waals surface area contributed by atoms with Crippen molar-refractivity contribution in [3.63, 3.8) is 0 Å². The minimum atomic E-state index is -4.43. The first-order chi connectivity index (χ1) is 15.4. The van der Waals surface area contributed by atoms with Crippen LogP contribution in [0.3, 0.4) is 0 Å². The van der Waals surface area contributed by atoms with Crippen LogP contribution in [0.5, 0.6) is 0 Å². The van der Waals surface area contributed by atoms with Crippen molar-refractivity contribution in [2.75, 3.05) is 62.7 Å². The summed E-state index contributed by atoms with van der Waals surface area (Å²) in [6, 6.07) is 8.21. The van der Waals surface area contributed by atoms with Gasteiger partial charge in [0.2, 0.25) is 0 Å². The molecule has 2 N–H and O–H groups in total. The van der Waals surface area contributed by atoms with Crippen LogP contribution in [0, 0.1) is 0 Å². The number of nitrogens with one attached hydrogen (secondary N) is 2. The molecule has 4 rings (SSSR count). The van der Waals surface area contributed by atoms with E-state index in [9.17, 15) is 18.0 Å². The molecule has 2 amide bonds. The van der Waals surface area contributed by atoms with Crippen molar-refractivity contribution in [1.29, 1.82) is 0 Å². The number of benzene rings is 1. The van der Waals surface area contributed by atoms with Crippen molar-refractivity contribution in [3.8, 4) is 11.3 Å². The maximum Gasteiger partial charge on any atom is 0.416 e. The van der Waals surface area contributed by atoms with Gasteiger partial charge in [0.15, 0.2) is 5.82 Å². The van der Waals surface area contributed by atoms with Gasteiger partial charge in [0.05, 0.1) is 30.2 Å². The van der Waals surface area contributed by atoms with Crippen molar-refractivity contribution < 1.29 is 22.7 Å². The second kappa shape index (κ2) is 9.74. The molecule has 10 heteroatoms. The van der Waals surface area contributed by atoms with Crippen molar-refractivity contribution >= 4 is 17.5 Å². The number of halogens is 3. The number of anilines is 2. The number of carbonyl (C=O) groups excluding carboxylic acids is 1. The van der Waals surface area contributed by atoms with Gasteiger partial charge >= 0.3 is 12.2 Å². The van der Waals surface area contributed by atoms with Crippen LogP contribution in [0.1, 0.15) is 12.0 Å². The van der Waals surface area contributed by atoms with E-state index in [4.69, 9.17) is 4.74 Å². The number of aromatic nitrogens is 1. The third kappa shape index (κ3) is 5.31. The van der Waals surface area contributed by atoms with Crippen LogP contribution in [-0.4, -0.2) is 68.4 Å². The van der Waals surface area contributed by atoms with Gasteiger partial charge in [-0.05, 0) is 30.7 Å². The molecule has 0 aliphatic carbocycles. The molecule has 2 aliphatic rings. The summed E-state index contributed by atoms with van der Waals surface area (Å²) in [5.74, 6) is 0.418. The molecule has 1 aromatic carbocycles. The van der Waals surface area contributed by atoms with Gasteiger partial charge in [-0.1, -0.05) is 12.1 Å². The highest BCUT2D eigenvalue weighted by atomic mass is 19.4. The van der Waals surface area contributed by atoms with Gasteiger partial charge in [-0.3, -0.25) is 9.80 Å². The van der Waals surface area contributed by atoms with Crippen LogP contribution >= 0.6 is 0 Å². The highest BCUT2D eigenvalue weighted by Crippen LogP contribution is 2.34. The van der Waals surface area contributed by atoms with E-state index in [0.717, 1.165) is 38.2 Å². The number of urea groups is 1. The molecule has 1 fully saturated rings. The normalized spacial score (nSPS) is 17.3. The quantitative estimate of drug-likeness (QED) is 0.749. The predicted octanol–water partition coefficient (Wildman–Crippen LogP) is 3.43. The number of rotatable bonds is 4. The maximum absolute atomic E-state index is 13.1. The Morgan fingerprint density at radius 3 is 2.75 bits per heavy atom. The minimum absolute atomic E-state index is 0.267. The molecule has 7 nitrogen and oxygen atoms in total. The lowest BCUT2D eigenvalue weighted by molar-refractivity contribution is -0.137. The van der Waals surface area contributed by atoms with E-state index in [1.165, 1.54) is 6.07 Å². The molecule has 0 atom stereocenters. The topological polar surface area (TPSA) is 69.7 Å². The molecule has 0 radical (unpaired) electrons. The standard InChI is InChI=1S/C22H26F3N5O2/c23-22(24,25)17-4-1-3-16(15-17)18-5-6-19-20(28-18)30(9-2-7-26-19)21(31)27-8-10-29-11-13-32-14-12-29/h1,3-6,15,26H,2,7-14H2,(H,27,31). The van der Waals surface area contributed by atoms with Crippen LogP contribution in [0.2, 0.25) is 0 Å². The summed E-state index contributed by atoms with van der Waals surface area (Å²) >= 11 is 0. The molecule has 1 saturated heterocycles. The number of carbonyl (C=O) groups is 1. The molecular weight excluding hydrogens is 423 g/mol. The number of alkyl halides is 3. The largest absolute Gasteiger partial charge is 0.416 e. The average Bonchev–Trinajstić information content (AvgIpc) is 3.01. The molecular formula is C22H26F3N5O2. The third-order valence-corrected chi connectivity index (χ3v) is 5.54. The van der Waals surface area contributed by atoms with E-state index in [0.29, 0.717) is 55.6 Å². The molecule has 0 spiro atoms. The Kier molecular flexibility index (Phi) is 6.80. The summed E-state index contributed by atoms with van der Waals surface area (Å²) in [6.45, 7) is 5.43. The zero-order valence-corrected chi connectivity index (χ0v) is 17.6. The number of hydrogen-bond donors (Lipinski definition) is 2. The maximum atomic E-state index is 13.1. The Morgan fingerprint density at radius 1 is 1.16 bits per heavy atom. The van der Waals surface area contributed by atoms with Gasteiger partial charge in [0, 0.05) is 44.8 Å². The number of nitrogens with zero attached hydrogens (tertiary/aromatic N) is 3. The van der Waals surface area contributed by atoms with Crippen LogP contribution in [0.25, 0.3) is 11.3 Å². The van der Waals surface area contributed by atoms with E-state index < -0.39 is 11.7 Å². The average molecular weight is 449 g/mol. The van der Waals surface area contributed by atoms with Crippen LogP contribution < -0.4 is 15.5 Å². The second-order valence-electron chi connectivity index (χ2n) is 7.76. The molecule has 32 heavy (non-hydrogen) atoms. The van der Waals surface area contributed by atoms with Gasteiger partial charge in [0.25, 0.3) is 0 Å². The molecule has 2 aliphatic heterocycles. The lowest BCUT2D eigenvalue weighted by atomic mass is 10.1. The van der Waals surface area contributed by atoms with Crippen molar-refractivity contribution in [2.24, 2.45) is 0 Å². The van der Waals surface area contributed by atoms with Crippen LogP contribution in [0.4, 0.5) is 29.5 Å². The first-order valence-corrected chi connectivity index (χ1v) is 10.7. The van der Waals surface area contributed by atoms with E-state index in [-0.39, 0.29) is 6.03 Å². The van der Waals surface area contributed by atoms with Gasteiger partial charge in [0.1, 0.15) is 0 Å². The van der Waals surface area contributed by atoms with Gasteiger partial charge in [-0.15, -0.1) is 0 Å². The second-order valence-corrected chi connectivity index (χ2v) is 7.76. The highest BCUT2D eigenvalue weighted by molar-refractivity contribution is 5.95. The third-order valence-electron chi connectivity index (χ3n) is 5.54. The minimum Gasteiger partial charge on any atom is -0.382 e. The van der Waals surface area contributed by atoms with Gasteiger partial charge < -0.3 is 15.4 Å². The van der Waals surface area contributed by atoms with Crippen LogP contribution in [-0.2, 0) is 10.9 Å². The summed E-state index contributed by atoms with van der Waals surface area (Å²) in [7, 11) is 0. The fraction of sp³-hybridized carbons (Fsp3) is 0.455. The molecule has 3 heterocycles. The Morgan fingerprint density at radius 2 is 1.97 bits per heavy atom. The Labute approximate surface area is 184 Å². The number of ether oxygens (including phenoxy) is 1. The Hall–Kier alpha value is -2.85. The predicted molar refractivity (Wildman–Crippen MR) is 116 cm³/mol. The SMILES string of the molecule is O=C(NCCN1CCOCC1)N1CCCNc2ccc(-c3cccc(C(F)(F)F)c3)nc21. The smallest absolute Gasteiger partial charge is 0.382 e. The Bertz CT molecular complexity index is 947. The summed E-state index contributed by atoms with van der Waals surface area (Å²) in [5, 5.41) is 6.19. The molecule has 172 valence electrons. The number of morpholine rings is 1. The van der Waals surface area contributed by atoms with E-state index in [1.807, 2.05) is 0 Å². The van der Waals surface area contributed by atoms with E-state index >= 15 is 0 Å². The fourth-order valence-electron chi connectivity index (χ4n) is 3.81. The summed E-state index contributed by atoms with van der Waals surface area (Å²) < 4.78 is 44.7. The lowest BCUT2D eigenvalue weighted by Crippen LogP contribution is -2.45. The molecule has 0 unspecified atom stereocenters. The molecule has 0 saturated carbocycles. The lowest BCUT2D eigenvalue weighted by Gasteiger charge is -2.27. The first kappa shape index (κ1) is 22.3. The van der Waals surface area contributed by atoms with Crippen molar-refractivity contribution in [2.45, 2.75) is 12.6 Å². The number of fused-ring (bicyclic) bond motifs is 1. The van der Waals surface area contributed by atoms with Gasteiger partial charge in [-0.2, -0.15) is 13.2 Å². The van der Waals surface area contributed by atoms with E-state index in [1.54, 1.807) is 23.1 Å². The first-order valence-electron chi connectivity index (χ1n) is 10.7. The fourth-order valence-corrected chi connectivity index (χ4v) is 3.81. The van der Waals surface area contributed by atoms with Crippen LogP contribution in [0.15, 0.2) is 36.4 Å². The van der Waals surface area contributed by atoms with E-state index in [2.05, 4.69) is 20.5 Å². The summed E-state index contributed by atoms with van der Waals surface area (Å²) in [5.41, 5.74) is 0.674. The van der Waals surface area contributed by atoms with Gasteiger partial charge in [-0.25, -0.2) is 9.78 Å². The number of amides is 2. The molecule has 1 aromatic heterocycles. The zero-order chi connectivity index (χ0) is 22.6. The van der Waals surface area contributed by atoms with Crippen molar-refractivity contribution in [3.05, 3.63) is 42.0 Å². The number of pyridine rings is 1. The zero-order valence-electron chi connectivity index (χ0n) is 17.6. The molecule has 0 bridgehead atoms. The summed E-state index contributed by atoms with van der Waals surface area (Å²) in [4.78, 5) is 21.3.